The van der Waals surface area contributed by atoms with E-state index in [1.807, 2.05) is 4.90 Å². The van der Waals surface area contributed by atoms with Gasteiger partial charge < -0.3 is 4.90 Å². The first kappa shape index (κ1) is 23.0. The van der Waals surface area contributed by atoms with Crippen molar-refractivity contribution in [2.45, 2.75) is 65.2 Å². The molecule has 1 aromatic rings. The van der Waals surface area contributed by atoms with Crippen molar-refractivity contribution in [2.24, 2.45) is 5.92 Å². The fraction of sp³-hybridized carbons (Fsp3) is 0.583. The summed E-state index contributed by atoms with van der Waals surface area (Å²) < 4.78 is 0. The number of imide groups is 1. The smallest absolute Gasteiger partial charge is 0.277 e. The lowest BCUT2D eigenvalue weighted by atomic mass is 9.97. The third-order valence-corrected chi connectivity index (χ3v) is 6.22. The Morgan fingerprint density at radius 1 is 1.03 bits per heavy atom. The average molecular weight is 428 g/mol. The second kappa shape index (κ2) is 10.6. The Morgan fingerprint density at radius 2 is 1.71 bits per heavy atom. The zero-order chi connectivity index (χ0) is 22.4. The number of amides is 2. The maximum Gasteiger partial charge on any atom is 0.277 e. The van der Waals surface area contributed by atoms with Crippen molar-refractivity contribution in [3.05, 3.63) is 45.6 Å². The molecule has 7 nitrogen and oxygen atoms in total. The molecule has 0 bridgehead atoms. The Hall–Kier alpha value is -2.70. The molecule has 1 saturated heterocycles. The topological polar surface area (TPSA) is 83.8 Å². The molecule has 1 fully saturated rings. The van der Waals surface area contributed by atoms with Gasteiger partial charge in [-0.25, -0.2) is 0 Å². The molecule has 0 radical (unpaired) electrons. The number of rotatable bonds is 10. The van der Waals surface area contributed by atoms with E-state index in [0.717, 1.165) is 45.2 Å². The largest absolute Gasteiger partial charge is 0.366 e. The predicted octanol–water partition coefficient (Wildman–Crippen LogP) is 4.77. The molecule has 0 aliphatic carbocycles. The maximum atomic E-state index is 13.3. The minimum Gasteiger partial charge on any atom is -0.366 e. The van der Waals surface area contributed by atoms with Crippen molar-refractivity contribution in [1.82, 2.24) is 9.80 Å². The van der Waals surface area contributed by atoms with Crippen molar-refractivity contribution < 1.29 is 14.5 Å². The van der Waals surface area contributed by atoms with Crippen LogP contribution in [0.3, 0.4) is 0 Å². The summed E-state index contributed by atoms with van der Waals surface area (Å²) in [6.45, 7) is 6.26. The van der Waals surface area contributed by atoms with Crippen molar-refractivity contribution >= 4 is 23.1 Å². The number of carbonyl (C=O) groups is 2. The monoisotopic (exact) mass is 427 g/mol. The van der Waals surface area contributed by atoms with Crippen molar-refractivity contribution in [3.8, 4) is 0 Å². The first-order valence-electron chi connectivity index (χ1n) is 11.5. The molecule has 2 amide bonds. The van der Waals surface area contributed by atoms with E-state index in [1.165, 1.54) is 36.3 Å². The normalized spacial score (nSPS) is 19.5. The highest BCUT2D eigenvalue weighted by molar-refractivity contribution is 6.35. The van der Waals surface area contributed by atoms with Gasteiger partial charge in [0.2, 0.25) is 0 Å². The third kappa shape index (κ3) is 5.32. The fourth-order valence-corrected chi connectivity index (χ4v) is 4.51. The molecule has 7 heteroatoms. The van der Waals surface area contributed by atoms with Gasteiger partial charge in [-0.1, -0.05) is 46.0 Å². The van der Waals surface area contributed by atoms with Crippen LogP contribution in [0.4, 0.5) is 5.69 Å². The second-order valence-corrected chi connectivity index (χ2v) is 8.75. The van der Waals surface area contributed by atoms with Crippen LogP contribution in [-0.4, -0.2) is 46.2 Å². The molecule has 1 unspecified atom stereocenters. The molecule has 2 aliphatic rings. The van der Waals surface area contributed by atoms with Gasteiger partial charge in [-0.05, 0) is 42.9 Å². The Kier molecular flexibility index (Phi) is 7.82. The van der Waals surface area contributed by atoms with Crippen molar-refractivity contribution in [2.75, 3.05) is 19.6 Å². The van der Waals surface area contributed by atoms with Crippen LogP contribution >= 0.6 is 0 Å². The summed E-state index contributed by atoms with van der Waals surface area (Å²) in [7, 11) is 0. The molecule has 31 heavy (non-hydrogen) atoms. The zero-order valence-electron chi connectivity index (χ0n) is 18.6. The first-order valence-corrected chi connectivity index (χ1v) is 11.5. The van der Waals surface area contributed by atoms with Gasteiger partial charge in [0, 0.05) is 31.8 Å². The number of piperidine rings is 1. The summed E-state index contributed by atoms with van der Waals surface area (Å²) in [5, 5.41) is 11.0. The van der Waals surface area contributed by atoms with Gasteiger partial charge in [0.1, 0.15) is 5.70 Å². The van der Waals surface area contributed by atoms with E-state index in [4.69, 9.17) is 0 Å². The maximum absolute atomic E-state index is 13.3. The minimum atomic E-state index is -0.460. The van der Waals surface area contributed by atoms with Gasteiger partial charge in [0.25, 0.3) is 17.5 Å². The zero-order valence-corrected chi connectivity index (χ0v) is 18.6. The molecule has 0 N–H and O–H groups in total. The molecule has 0 aromatic heterocycles. The lowest BCUT2D eigenvalue weighted by Gasteiger charge is -2.33. The molecule has 0 saturated carbocycles. The Bertz CT molecular complexity index is 847. The van der Waals surface area contributed by atoms with Crippen LogP contribution in [0, 0.1) is 16.0 Å². The number of nitro benzene ring substituents is 1. The number of hydrogen-bond donors (Lipinski definition) is 0. The summed E-state index contributed by atoms with van der Waals surface area (Å²) in [6.07, 6.45) is 8.59. The second-order valence-electron chi connectivity index (χ2n) is 8.75. The minimum absolute atomic E-state index is 0.0294. The molecular formula is C24H33N3O4. The van der Waals surface area contributed by atoms with Gasteiger partial charge in [-0.15, -0.1) is 0 Å². The van der Waals surface area contributed by atoms with Crippen LogP contribution in [0.5, 0.6) is 0 Å². The number of likely N-dealkylation sites (tertiary alicyclic amines) is 1. The summed E-state index contributed by atoms with van der Waals surface area (Å²) in [5.74, 6) is -0.0449. The molecule has 1 atom stereocenters. The molecule has 2 aliphatic heterocycles. The highest BCUT2D eigenvalue weighted by atomic mass is 16.6. The van der Waals surface area contributed by atoms with E-state index in [-0.39, 0.29) is 17.5 Å². The summed E-state index contributed by atoms with van der Waals surface area (Å²) >= 11 is 0. The van der Waals surface area contributed by atoms with E-state index in [1.54, 1.807) is 12.1 Å². The van der Waals surface area contributed by atoms with Gasteiger partial charge in [-0.2, -0.15) is 0 Å². The van der Waals surface area contributed by atoms with E-state index in [0.29, 0.717) is 29.3 Å². The molecule has 2 heterocycles. The van der Waals surface area contributed by atoms with Crippen LogP contribution in [0.25, 0.3) is 5.57 Å². The van der Waals surface area contributed by atoms with Crippen LogP contribution in [0.2, 0.25) is 0 Å². The molecule has 3 rings (SSSR count). The van der Waals surface area contributed by atoms with Gasteiger partial charge >= 0.3 is 0 Å². The quantitative estimate of drug-likeness (QED) is 0.232. The van der Waals surface area contributed by atoms with E-state index < -0.39 is 4.92 Å². The standard InChI is InChI=1S/C24H33N3O4/c1-3-4-5-6-7-8-16-26-23(28)21(19-11-13-20(14-12-19)27(30)31)22(24(26)29)25-15-9-10-18(2)17-25/h11-14,18H,3-10,15-17H2,1-2H3. The number of non-ortho nitro benzene ring substituents is 1. The van der Waals surface area contributed by atoms with Gasteiger partial charge in [0.15, 0.2) is 0 Å². The molecular weight excluding hydrogens is 394 g/mol. The van der Waals surface area contributed by atoms with Crippen molar-refractivity contribution in [1.29, 1.82) is 0 Å². The number of hydrogen-bond acceptors (Lipinski definition) is 5. The van der Waals surface area contributed by atoms with Crippen LogP contribution in [0.15, 0.2) is 30.0 Å². The highest BCUT2D eigenvalue weighted by Gasteiger charge is 2.41. The van der Waals surface area contributed by atoms with Crippen LogP contribution in [0.1, 0.15) is 70.8 Å². The van der Waals surface area contributed by atoms with Gasteiger partial charge in [-0.3, -0.25) is 24.6 Å². The Balaban J connectivity index is 1.83. The lowest BCUT2D eigenvalue weighted by Crippen LogP contribution is -2.39. The van der Waals surface area contributed by atoms with E-state index >= 15 is 0 Å². The SMILES string of the molecule is CCCCCCCCN1C(=O)C(c2ccc([N+](=O)[O-])cc2)=C(N2CCCC(C)C2)C1=O. The molecule has 1 aromatic carbocycles. The van der Waals surface area contributed by atoms with Gasteiger partial charge in [0.05, 0.1) is 10.5 Å². The van der Waals surface area contributed by atoms with E-state index in [2.05, 4.69) is 13.8 Å². The van der Waals surface area contributed by atoms with Crippen LogP contribution < -0.4 is 0 Å². The highest BCUT2D eigenvalue weighted by Crippen LogP contribution is 2.34. The van der Waals surface area contributed by atoms with E-state index in [9.17, 15) is 19.7 Å². The summed E-state index contributed by atoms with van der Waals surface area (Å²) in [5.41, 5.74) is 1.40. The summed E-state index contributed by atoms with van der Waals surface area (Å²) in [6, 6.07) is 5.96. The van der Waals surface area contributed by atoms with Crippen LogP contribution in [-0.2, 0) is 9.59 Å². The molecule has 0 spiro atoms. The Morgan fingerprint density at radius 3 is 2.35 bits per heavy atom. The lowest BCUT2D eigenvalue weighted by molar-refractivity contribution is -0.384. The number of unbranched alkanes of at least 4 members (excludes halogenated alkanes) is 5. The first-order chi connectivity index (χ1) is 14.9. The third-order valence-electron chi connectivity index (χ3n) is 6.22. The fourth-order valence-electron chi connectivity index (χ4n) is 4.51. The number of nitro groups is 1. The summed E-state index contributed by atoms with van der Waals surface area (Å²) in [4.78, 5) is 40.7. The molecule has 168 valence electrons. The van der Waals surface area contributed by atoms with Crippen molar-refractivity contribution in [3.63, 3.8) is 0 Å². The Labute approximate surface area is 184 Å². The average Bonchev–Trinajstić information content (AvgIpc) is 3.00. The number of carbonyl (C=O) groups excluding carboxylic acids is 2. The predicted molar refractivity (Wildman–Crippen MR) is 120 cm³/mol. The number of benzene rings is 1. The number of nitrogens with zero attached hydrogens (tertiary/aromatic N) is 3.